The summed E-state index contributed by atoms with van der Waals surface area (Å²) in [4.78, 5) is 29.5. The smallest absolute Gasteiger partial charge is 0.351 e. The van der Waals surface area contributed by atoms with Crippen LogP contribution in [0.25, 0.3) is 0 Å². The molecule has 1 aliphatic carbocycles. The van der Waals surface area contributed by atoms with Gasteiger partial charge in [0, 0.05) is 6.20 Å². The van der Waals surface area contributed by atoms with Gasteiger partial charge in [-0.1, -0.05) is 43.2 Å². The third-order valence-electron chi connectivity index (χ3n) is 5.48. The van der Waals surface area contributed by atoms with Crippen molar-refractivity contribution in [3.63, 3.8) is 0 Å². The second kappa shape index (κ2) is 7.83. The summed E-state index contributed by atoms with van der Waals surface area (Å²) >= 11 is 0. The average Bonchev–Trinajstić information content (AvgIpc) is 3.39. The number of rotatable bonds is 5. The second-order valence-electron chi connectivity index (χ2n) is 7.15. The number of nitrogens with one attached hydrogen (secondary N) is 1. The van der Waals surface area contributed by atoms with E-state index < -0.39 is 23.6 Å². The second-order valence-corrected chi connectivity index (χ2v) is 7.15. The molecule has 1 aliphatic heterocycles. The SMILES string of the molecule is O=C(Nc1ccn([C@@H]2CO[C@H](CO)O2)c(=O)n1)C1(c2ccccc2)CCCC1. The first-order valence-electron chi connectivity index (χ1n) is 9.46. The number of anilines is 1. The Kier molecular flexibility index (Phi) is 5.25. The van der Waals surface area contributed by atoms with Crippen molar-refractivity contribution in [1.29, 1.82) is 0 Å². The van der Waals surface area contributed by atoms with Crippen LogP contribution < -0.4 is 11.0 Å². The fourth-order valence-corrected chi connectivity index (χ4v) is 4.01. The molecule has 0 radical (unpaired) electrons. The highest BCUT2D eigenvalue weighted by molar-refractivity contribution is 5.98. The lowest BCUT2D eigenvalue weighted by Gasteiger charge is -2.28. The number of benzene rings is 1. The van der Waals surface area contributed by atoms with Crippen molar-refractivity contribution in [3.05, 3.63) is 58.6 Å². The first kappa shape index (κ1) is 18.8. The molecule has 4 rings (SSSR count). The van der Waals surface area contributed by atoms with Gasteiger partial charge in [0.05, 0.1) is 18.6 Å². The predicted molar refractivity (Wildman–Crippen MR) is 101 cm³/mol. The molecule has 1 aromatic carbocycles. The maximum Gasteiger partial charge on any atom is 0.351 e. The molecule has 2 aliphatic rings. The van der Waals surface area contributed by atoms with Crippen molar-refractivity contribution in [3.8, 4) is 0 Å². The molecule has 0 unspecified atom stereocenters. The largest absolute Gasteiger partial charge is 0.391 e. The van der Waals surface area contributed by atoms with E-state index in [0.717, 1.165) is 31.2 Å². The zero-order chi connectivity index (χ0) is 19.6. The lowest BCUT2D eigenvalue weighted by atomic mass is 9.78. The van der Waals surface area contributed by atoms with Gasteiger partial charge in [0.2, 0.25) is 5.91 Å². The molecule has 0 spiro atoms. The monoisotopic (exact) mass is 385 g/mol. The number of aromatic nitrogens is 2. The van der Waals surface area contributed by atoms with E-state index in [4.69, 9.17) is 14.6 Å². The van der Waals surface area contributed by atoms with E-state index >= 15 is 0 Å². The van der Waals surface area contributed by atoms with Gasteiger partial charge in [-0.2, -0.15) is 4.98 Å². The Balaban J connectivity index is 1.53. The van der Waals surface area contributed by atoms with Gasteiger partial charge in [-0.05, 0) is 24.5 Å². The molecule has 2 heterocycles. The summed E-state index contributed by atoms with van der Waals surface area (Å²) < 4.78 is 11.9. The Morgan fingerprint density at radius 3 is 2.64 bits per heavy atom. The van der Waals surface area contributed by atoms with Crippen LogP contribution in [0.2, 0.25) is 0 Å². The van der Waals surface area contributed by atoms with Gasteiger partial charge in [0.1, 0.15) is 5.82 Å². The van der Waals surface area contributed by atoms with E-state index in [1.54, 1.807) is 6.07 Å². The van der Waals surface area contributed by atoms with Gasteiger partial charge >= 0.3 is 5.69 Å². The lowest BCUT2D eigenvalue weighted by molar-refractivity contribution is -0.121. The quantitative estimate of drug-likeness (QED) is 0.810. The summed E-state index contributed by atoms with van der Waals surface area (Å²) in [7, 11) is 0. The van der Waals surface area contributed by atoms with E-state index in [2.05, 4.69) is 10.3 Å². The zero-order valence-corrected chi connectivity index (χ0v) is 15.4. The van der Waals surface area contributed by atoms with E-state index in [0.29, 0.717) is 0 Å². The van der Waals surface area contributed by atoms with Gasteiger partial charge in [-0.3, -0.25) is 9.36 Å². The van der Waals surface area contributed by atoms with E-state index in [9.17, 15) is 9.59 Å². The van der Waals surface area contributed by atoms with Gasteiger partial charge in [0.25, 0.3) is 0 Å². The maximum atomic E-state index is 13.1. The number of aliphatic hydroxyl groups excluding tert-OH is 1. The van der Waals surface area contributed by atoms with E-state index in [-0.39, 0.29) is 24.9 Å². The number of aliphatic hydroxyl groups is 1. The molecule has 1 saturated carbocycles. The molecule has 2 fully saturated rings. The summed E-state index contributed by atoms with van der Waals surface area (Å²) in [6, 6.07) is 11.3. The summed E-state index contributed by atoms with van der Waals surface area (Å²) in [6.07, 6.45) is 3.65. The Bertz CT molecular complexity index is 892. The standard InChI is InChI=1S/C20H23N3O5/c24-12-17-27-13-16(28-17)23-11-8-15(22-19(23)26)21-18(25)20(9-4-5-10-20)14-6-2-1-3-7-14/h1-3,6-8,11,16-17,24H,4-5,9-10,12-13H2,(H,21,22,25,26)/t16-,17-/m0/s1. The summed E-state index contributed by atoms with van der Waals surface area (Å²) in [6.45, 7) is -0.135. The third kappa shape index (κ3) is 3.46. The van der Waals surface area contributed by atoms with Gasteiger partial charge < -0.3 is 19.9 Å². The molecule has 1 amide bonds. The number of carbonyl (C=O) groups excluding carboxylic acids is 1. The molecule has 2 N–H and O–H groups in total. The summed E-state index contributed by atoms with van der Waals surface area (Å²) in [5.74, 6) is 0.0766. The molecule has 1 aromatic heterocycles. The first-order chi connectivity index (χ1) is 13.6. The highest BCUT2D eigenvalue weighted by Gasteiger charge is 2.42. The number of carbonyl (C=O) groups is 1. The van der Waals surface area contributed by atoms with Crippen LogP contribution in [-0.2, 0) is 19.7 Å². The molecule has 28 heavy (non-hydrogen) atoms. The van der Waals surface area contributed by atoms with Crippen LogP contribution in [-0.4, -0.2) is 40.1 Å². The normalized spacial score (nSPS) is 23.6. The molecule has 2 atom stereocenters. The van der Waals surface area contributed by atoms with Crippen molar-refractivity contribution < 1.29 is 19.4 Å². The summed E-state index contributed by atoms with van der Waals surface area (Å²) in [5.41, 5.74) is -0.149. The molecule has 148 valence electrons. The lowest BCUT2D eigenvalue weighted by Crippen LogP contribution is -2.39. The Morgan fingerprint density at radius 2 is 2.00 bits per heavy atom. The van der Waals surface area contributed by atoms with Crippen LogP contribution in [0.4, 0.5) is 5.82 Å². The molecule has 0 bridgehead atoms. The number of nitrogens with zero attached hydrogens (tertiary/aromatic N) is 2. The molecular formula is C20H23N3O5. The number of hydrogen-bond acceptors (Lipinski definition) is 6. The fourth-order valence-electron chi connectivity index (χ4n) is 4.01. The van der Waals surface area contributed by atoms with Crippen molar-refractivity contribution in [2.75, 3.05) is 18.5 Å². The van der Waals surface area contributed by atoms with Crippen LogP contribution in [0.5, 0.6) is 0 Å². The molecule has 8 heteroatoms. The minimum absolute atomic E-state index is 0.137. The van der Waals surface area contributed by atoms with Crippen molar-refractivity contribution in [2.24, 2.45) is 0 Å². The van der Waals surface area contributed by atoms with Crippen LogP contribution >= 0.6 is 0 Å². The summed E-state index contributed by atoms with van der Waals surface area (Å²) in [5, 5.41) is 11.9. The number of ether oxygens (including phenoxy) is 2. The highest BCUT2D eigenvalue weighted by atomic mass is 16.7. The van der Waals surface area contributed by atoms with E-state index in [1.165, 1.54) is 10.8 Å². The van der Waals surface area contributed by atoms with Crippen molar-refractivity contribution >= 4 is 11.7 Å². The van der Waals surface area contributed by atoms with Crippen molar-refractivity contribution in [1.82, 2.24) is 9.55 Å². The average molecular weight is 385 g/mol. The molecular weight excluding hydrogens is 362 g/mol. The molecule has 2 aromatic rings. The first-order valence-corrected chi connectivity index (χ1v) is 9.46. The maximum absolute atomic E-state index is 13.1. The predicted octanol–water partition coefficient (Wildman–Crippen LogP) is 1.56. The number of hydrogen-bond donors (Lipinski definition) is 2. The minimum Gasteiger partial charge on any atom is -0.391 e. The van der Waals surface area contributed by atoms with Crippen LogP contribution in [0.15, 0.2) is 47.4 Å². The highest BCUT2D eigenvalue weighted by Crippen LogP contribution is 2.41. The van der Waals surface area contributed by atoms with Gasteiger partial charge in [-0.25, -0.2) is 4.79 Å². The number of amides is 1. The topological polar surface area (TPSA) is 103 Å². The minimum atomic E-state index is -0.746. The Labute approximate surface area is 162 Å². The van der Waals surface area contributed by atoms with Crippen LogP contribution in [0, 0.1) is 0 Å². The Hall–Kier alpha value is -2.55. The van der Waals surface area contributed by atoms with Crippen LogP contribution in [0.3, 0.4) is 0 Å². The third-order valence-corrected chi connectivity index (χ3v) is 5.48. The fraction of sp³-hybridized carbons (Fsp3) is 0.450. The zero-order valence-electron chi connectivity index (χ0n) is 15.4. The molecule has 8 nitrogen and oxygen atoms in total. The van der Waals surface area contributed by atoms with Gasteiger partial charge in [-0.15, -0.1) is 0 Å². The Morgan fingerprint density at radius 1 is 1.25 bits per heavy atom. The van der Waals surface area contributed by atoms with Gasteiger partial charge in [0.15, 0.2) is 12.5 Å². The van der Waals surface area contributed by atoms with E-state index in [1.807, 2.05) is 30.3 Å². The van der Waals surface area contributed by atoms with Crippen molar-refractivity contribution in [2.45, 2.75) is 43.6 Å². The molecule has 1 saturated heterocycles. The van der Waals surface area contributed by atoms with Crippen LogP contribution in [0.1, 0.15) is 37.5 Å².